The molecule has 19 heavy (non-hydrogen) atoms. The molecule has 0 bridgehead atoms. The van der Waals surface area contributed by atoms with Crippen LogP contribution < -0.4 is 5.32 Å². The lowest BCUT2D eigenvalue weighted by molar-refractivity contribution is -0.119. The van der Waals surface area contributed by atoms with Crippen molar-refractivity contribution in [2.75, 3.05) is 5.75 Å². The molecule has 1 atom stereocenters. The minimum Gasteiger partial charge on any atom is -0.349 e. The van der Waals surface area contributed by atoms with Crippen molar-refractivity contribution in [3.05, 3.63) is 35.9 Å². The lowest BCUT2D eigenvalue weighted by atomic mass is 10.1. The zero-order chi connectivity index (χ0) is 13.7. The van der Waals surface area contributed by atoms with Gasteiger partial charge in [0.15, 0.2) is 0 Å². The van der Waals surface area contributed by atoms with Crippen LogP contribution in [0.1, 0.15) is 18.5 Å². The molecule has 1 aromatic carbocycles. The van der Waals surface area contributed by atoms with Crippen LogP contribution in [-0.4, -0.2) is 31.9 Å². The standard InChI is InChI=1S/C12H15N5OS/c1-9(10-6-4-3-5-7-10)13-11(18)8-19-12-14-15-16-17(12)2/h3-7,9H,8H2,1-2H3,(H,13,18)/t9-/m0/s1. The van der Waals surface area contributed by atoms with Gasteiger partial charge in [0, 0.05) is 7.05 Å². The molecule has 0 fully saturated rings. The minimum absolute atomic E-state index is 0.00748. The minimum atomic E-state index is -0.0376. The fraction of sp³-hybridized carbons (Fsp3) is 0.333. The van der Waals surface area contributed by atoms with Gasteiger partial charge in [-0.15, -0.1) is 5.10 Å². The summed E-state index contributed by atoms with van der Waals surface area (Å²) in [4.78, 5) is 11.8. The average molecular weight is 277 g/mol. The number of thioether (sulfide) groups is 1. The van der Waals surface area contributed by atoms with Gasteiger partial charge in [0.25, 0.3) is 0 Å². The molecule has 1 N–H and O–H groups in total. The Morgan fingerprint density at radius 1 is 1.42 bits per heavy atom. The first-order valence-corrected chi connectivity index (χ1v) is 6.85. The quantitative estimate of drug-likeness (QED) is 0.831. The summed E-state index contributed by atoms with van der Waals surface area (Å²) in [6.45, 7) is 1.96. The fourth-order valence-corrected chi connectivity index (χ4v) is 2.24. The SMILES string of the molecule is C[C@H](NC(=O)CSc1nnnn1C)c1ccccc1. The number of tetrazole rings is 1. The third-order valence-corrected chi connectivity index (χ3v) is 3.60. The molecule has 7 heteroatoms. The predicted molar refractivity (Wildman–Crippen MR) is 72.5 cm³/mol. The monoisotopic (exact) mass is 277 g/mol. The molecule has 0 unspecified atom stereocenters. The molecule has 1 aromatic heterocycles. The van der Waals surface area contributed by atoms with Crippen LogP contribution in [0.25, 0.3) is 0 Å². The van der Waals surface area contributed by atoms with Gasteiger partial charge in [-0.3, -0.25) is 4.79 Å². The highest BCUT2D eigenvalue weighted by Gasteiger charge is 2.11. The summed E-state index contributed by atoms with van der Waals surface area (Å²) >= 11 is 1.31. The van der Waals surface area contributed by atoms with E-state index in [9.17, 15) is 4.79 Å². The molecule has 6 nitrogen and oxygen atoms in total. The summed E-state index contributed by atoms with van der Waals surface area (Å²) in [6, 6.07) is 9.84. The fourth-order valence-electron chi connectivity index (χ4n) is 1.58. The van der Waals surface area contributed by atoms with Crippen LogP contribution in [0, 0.1) is 0 Å². The van der Waals surface area contributed by atoms with E-state index in [2.05, 4.69) is 20.8 Å². The Morgan fingerprint density at radius 2 is 2.16 bits per heavy atom. The number of aryl methyl sites for hydroxylation is 1. The molecule has 0 aliphatic heterocycles. The van der Waals surface area contributed by atoms with Gasteiger partial charge in [0.1, 0.15) is 0 Å². The Labute approximate surface area is 115 Å². The van der Waals surface area contributed by atoms with E-state index in [0.717, 1.165) is 5.56 Å². The molecule has 2 rings (SSSR count). The van der Waals surface area contributed by atoms with Crippen LogP contribution in [0.3, 0.4) is 0 Å². The maximum Gasteiger partial charge on any atom is 0.230 e. The second kappa shape index (κ2) is 6.33. The number of hydrogen-bond acceptors (Lipinski definition) is 5. The van der Waals surface area contributed by atoms with Gasteiger partial charge in [0.05, 0.1) is 11.8 Å². The van der Waals surface area contributed by atoms with Crippen molar-refractivity contribution in [1.29, 1.82) is 0 Å². The zero-order valence-corrected chi connectivity index (χ0v) is 11.6. The molecule has 0 aliphatic rings. The van der Waals surface area contributed by atoms with Crippen molar-refractivity contribution in [3.8, 4) is 0 Å². The predicted octanol–water partition coefficient (Wildman–Crippen LogP) is 1.18. The third-order valence-electron chi connectivity index (χ3n) is 2.59. The number of amides is 1. The van der Waals surface area contributed by atoms with E-state index in [1.807, 2.05) is 37.3 Å². The van der Waals surface area contributed by atoms with Crippen LogP contribution in [-0.2, 0) is 11.8 Å². The van der Waals surface area contributed by atoms with E-state index in [1.165, 1.54) is 11.8 Å². The normalized spacial score (nSPS) is 12.1. The van der Waals surface area contributed by atoms with Gasteiger partial charge in [-0.25, -0.2) is 4.68 Å². The molecule has 0 aliphatic carbocycles. The maximum atomic E-state index is 11.8. The van der Waals surface area contributed by atoms with Crippen molar-refractivity contribution >= 4 is 17.7 Å². The highest BCUT2D eigenvalue weighted by molar-refractivity contribution is 7.99. The number of rotatable bonds is 5. The van der Waals surface area contributed by atoms with E-state index in [4.69, 9.17) is 0 Å². The van der Waals surface area contributed by atoms with Gasteiger partial charge < -0.3 is 5.32 Å². The van der Waals surface area contributed by atoms with E-state index < -0.39 is 0 Å². The maximum absolute atomic E-state index is 11.8. The molecule has 1 amide bonds. The second-order valence-corrected chi connectivity index (χ2v) is 5.02. The zero-order valence-electron chi connectivity index (χ0n) is 10.8. The van der Waals surface area contributed by atoms with Crippen LogP contribution in [0.4, 0.5) is 0 Å². The van der Waals surface area contributed by atoms with Crippen molar-refractivity contribution in [2.24, 2.45) is 7.05 Å². The van der Waals surface area contributed by atoms with E-state index in [-0.39, 0.29) is 11.9 Å². The van der Waals surface area contributed by atoms with Crippen molar-refractivity contribution in [1.82, 2.24) is 25.5 Å². The number of nitrogens with zero attached hydrogens (tertiary/aromatic N) is 4. The topological polar surface area (TPSA) is 72.7 Å². The van der Waals surface area contributed by atoms with E-state index >= 15 is 0 Å². The summed E-state index contributed by atoms with van der Waals surface area (Å²) in [5.41, 5.74) is 1.08. The first-order valence-electron chi connectivity index (χ1n) is 5.86. The van der Waals surface area contributed by atoms with Crippen molar-refractivity contribution in [2.45, 2.75) is 18.1 Å². The molecular weight excluding hydrogens is 262 g/mol. The highest BCUT2D eigenvalue weighted by Crippen LogP contribution is 2.14. The number of hydrogen-bond donors (Lipinski definition) is 1. The Kier molecular flexibility index (Phi) is 4.51. The molecule has 0 spiro atoms. The molecule has 0 radical (unpaired) electrons. The summed E-state index contributed by atoms with van der Waals surface area (Å²) < 4.78 is 1.54. The largest absolute Gasteiger partial charge is 0.349 e. The number of aromatic nitrogens is 4. The van der Waals surface area contributed by atoms with Crippen molar-refractivity contribution in [3.63, 3.8) is 0 Å². The summed E-state index contributed by atoms with van der Waals surface area (Å²) in [7, 11) is 1.74. The van der Waals surface area contributed by atoms with Crippen LogP contribution >= 0.6 is 11.8 Å². The number of nitrogens with one attached hydrogen (secondary N) is 1. The Balaban J connectivity index is 1.83. The molecule has 2 aromatic rings. The Morgan fingerprint density at radius 3 is 2.79 bits per heavy atom. The first-order chi connectivity index (χ1) is 9.16. The molecule has 100 valence electrons. The first kappa shape index (κ1) is 13.5. The van der Waals surface area contributed by atoms with Crippen molar-refractivity contribution < 1.29 is 4.79 Å². The molecule has 0 saturated carbocycles. The molecule has 1 heterocycles. The summed E-state index contributed by atoms with van der Waals surface area (Å²) in [6.07, 6.45) is 0. The third kappa shape index (κ3) is 3.78. The number of benzene rings is 1. The number of carbonyl (C=O) groups is 1. The summed E-state index contributed by atoms with van der Waals surface area (Å²) in [5, 5.41) is 14.6. The lowest BCUT2D eigenvalue weighted by Crippen LogP contribution is -2.28. The summed E-state index contributed by atoms with van der Waals surface area (Å²) in [5.74, 6) is 0.259. The van der Waals surface area contributed by atoms with Gasteiger partial charge in [-0.1, -0.05) is 42.1 Å². The van der Waals surface area contributed by atoms with E-state index in [1.54, 1.807) is 11.7 Å². The van der Waals surface area contributed by atoms with Gasteiger partial charge in [-0.2, -0.15) is 0 Å². The molecule has 0 saturated heterocycles. The Hall–Kier alpha value is -1.89. The molecular formula is C12H15N5OS. The number of carbonyl (C=O) groups excluding carboxylic acids is 1. The smallest absolute Gasteiger partial charge is 0.230 e. The average Bonchev–Trinajstić information content (AvgIpc) is 2.83. The van der Waals surface area contributed by atoms with Crippen LogP contribution in [0.5, 0.6) is 0 Å². The van der Waals surface area contributed by atoms with Crippen LogP contribution in [0.2, 0.25) is 0 Å². The highest BCUT2D eigenvalue weighted by atomic mass is 32.2. The van der Waals surface area contributed by atoms with Gasteiger partial charge in [0.2, 0.25) is 11.1 Å². The Bertz CT molecular complexity index is 542. The van der Waals surface area contributed by atoms with Gasteiger partial charge in [-0.05, 0) is 22.9 Å². The van der Waals surface area contributed by atoms with E-state index in [0.29, 0.717) is 10.9 Å². The van der Waals surface area contributed by atoms with Crippen LogP contribution in [0.15, 0.2) is 35.5 Å². The second-order valence-electron chi connectivity index (χ2n) is 4.07. The lowest BCUT2D eigenvalue weighted by Gasteiger charge is -2.13. The van der Waals surface area contributed by atoms with Gasteiger partial charge >= 0.3 is 0 Å².